The van der Waals surface area contributed by atoms with Gasteiger partial charge in [-0.15, -0.1) is 0 Å². The van der Waals surface area contributed by atoms with Crippen molar-refractivity contribution in [2.24, 2.45) is 0 Å². The van der Waals surface area contributed by atoms with Crippen LogP contribution in [0, 0.1) is 0 Å². The Balaban J connectivity index is 1.42. The number of H-pyrrole nitrogens is 1. The fraction of sp³-hybridized carbons (Fsp3) is 0.130. The molecule has 0 spiro atoms. The third-order valence-corrected chi connectivity index (χ3v) is 4.92. The van der Waals surface area contributed by atoms with Crippen molar-refractivity contribution in [2.45, 2.75) is 19.9 Å². The van der Waals surface area contributed by atoms with E-state index in [1.807, 2.05) is 68.7 Å². The van der Waals surface area contributed by atoms with Crippen LogP contribution < -0.4 is 10.6 Å². The van der Waals surface area contributed by atoms with Crippen LogP contribution in [0.3, 0.4) is 0 Å². The molecule has 3 heterocycles. The van der Waals surface area contributed by atoms with E-state index in [-0.39, 0.29) is 12.1 Å². The molecule has 0 saturated heterocycles. The summed E-state index contributed by atoms with van der Waals surface area (Å²) in [6, 6.07) is 13.6. The number of nitrogens with one attached hydrogen (secondary N) is 3. The second kappa shape index (κ2) is 7.56. The largest absolute Gasteiger partial charge is 0.340 e. The monoisotopic (exact) mass is 411 g/mol. The van der Waals surface area contributed by atoms with E-state index in [9.17, 15) is 4.79 Å². The number of anilines is 2. The second-order valence-corrected chi connectivity index (χ2v) is 7.68. The molecule has 5 rings (SSSR count). The van der Waals surface area contributed by atoms with Crippen molar-refractivity contribution in [2.75, 3.05) is 5.32 Å². The normalized spacial score (nSPS) is 11.3. The van der Waals surface area contributed by atoms with Gasteiger partial charge < -0.3 is 10.6 Å². The van der Waals surface area contributed by atoms with E-state index >= 15 is 0 Å². The lowest BCUT2D eigenvalue weighted by Gasteiger charge is -2.07. The van der Waals surface area contributed by atoms with E-state index in [4.69, 9.17) is 0 Å². The molecule has 3 aromatic heterocycles. The molecule has 0 aliphatic carbocycles. The summed E-state index contributed by atoms with van der Waals surface area (Å²) in [6.45, 7) is 3.87. The molecule has 31 heavy (non-hydrogen) atoms. The third kappa shape index (κ3) is 3.83. The average Bonchev–Trinajstić information content (AvgIpc) is 3.39. The van der Waals surface area contributed by atoms with Gasteiger partial charge >= 0.3 is 6.03 Å². The predicted octanol–water partition coefficient (Wildman–Crippen LogP) is 4.68. The highest BCUT2D eigenvalue weighted by Gasteiger charge is 2.10. The summed E-state index contributed by atoms with van der Waals surface area (Å²) in [7, 11) is 0. The topological polar surface area (TPSA) is 101 Å². The van der Waals surface area contributed by atoms with Crippen molar-refractivity contribution in [3.05, 3.63) is 67.3 Å². The fourth-order valence-electron chi connectivity index (χ4n) is 3.45. The molecule has 0 saturated carbocycles. The zero-order valence-electron chi connectivity index (χ0n) is 17.1. The molecule has 0 bridgehead atoms. The first-order valence-electron chi connectivity index (χ1n) is 10.0. The molecular weight excluding hydrogens is 390 g/mol. The smallest absolute Gasteiger partial charge is 0.325 e. The first-order valence-corrected chi connectivity index (χ1v) is 10.0. The van der Waals surface area contributed by atoms with Crippen molar-refractivity contribution >= 4 is 39.2 Å². The molecule has 3 N–H and O–H groups in total. The van der Waals surface area contributed by atoms with Crippen LogP contribution in [0.15, 0.2) is 67.3 Å². The Bertz CT molecular complexity index is 1400. The maximum Gasteiger partial charge on any atom is 0.325 e. The Morgan fingerprint density at radius 2 is 1.90 bits per heavy atom. The molecule has 0 aliphatic heterocycles. The number of hydrogen-bond acceptors (Lipinski definition) is 5. The number of hydrogen-bond donors (Lipinski definition) is 3. The Morgan fingerprint density at radius 1 is 1.03 bits per heavy atom. The lowest BCUT2D eigenvalue weighted by molar-refractivity contribution is 0.240. The van der Waals surface area contributed by atoms with E-state index in [0.717, 1.165) is 32.9 Å². The summed E-state index contributed by atoms with van der Waals surface area (Å²) >= 11 is 0. The molecule has 154 valence electrons. The quantitative estimate of drug-likeness (QED) is 0.398. The molecule has 0 atom stereocenters. The lowest BCUT2D eigenvalue weighted by atomic mass is 10.1. The van der Waals surface area contributed by atoms with Crippen molar-refractivity contribution in [1.82, 2.24) is 30.0 Å². The van der Waals surface area contributed by atoms with Gasteiger partial charge in [0, 0.05) is 46.7 Å². The van der Waals surface area contributed by atoms with Crippen LogP contribution in [-0.4, -0.2) is 36.8 Å². The highest BCUT2D eigenvalue weighted by Crippen LogP contribution is 2.25. The van der Waals surface area contributed by atoms with Crippen LogP contribution in [0.2, 0.25) is 0 Å². The average molecular weight is 411 g/mol. The number of carbonyl (C=O) groups excluding carboxylic acids is 1. The molecule has 0 radical (unpaired) electrons. The number of amides is 1. The summed E-state index contributed by atoms with van der Waals surface area (Å²) in [5.74, 6) is 1.30. The lowest BCUT2D eigenvalue weighted by Crippen LogP contribution is -2.33. The zero-order valence-corrected chi connectivity index (χ0v) is 17.1. The van der Waals surface area contributed by atoms with Crippen LogP contribution in [0.25, 0.3) is 33.1 Å². The number of fused-ring (bicyclic) bond motifs is 2. The molecular formula is C23H21N7O. The van der Waals surface area contributed by atoms with E-state index in [0.29, 0.717) is 11.6 Å². The molecule has 2 aromatic carbocycles. The number of rotatable bonds is 4. The number of benzene rings is 2. The van der Waals surface area contributed by atoms with Gasteiger partial charge in [0.15, 0.2) is 5.82 Å². The van der Waals surface area contributed by atoms with Crippen molar-refractivity contribution in [3.8, 4) is 11.4 Å². The number of carbonyl (C=O) groups is 1. The van der Waals surface area contributed by atoms with Gasteiger partial charge in [-0.3, -0.25) is 9.67 Å². The Labute approximate surface area is 178 Å². The van der Waals surface area contributed by atoms with Gasteiger partial charge in [0.05, 0.1) is 11.7 Å². The fourth-order valence-corrected chi connectivity index (χ4v) is 3.45. The SMILES string of the molecule is CC(C)NC(=O)n1cc2ccc(-c3nccc(Nc4ccc5[nH]ncc5c4)n3)cc2c1. The molecule has 0 aliphatic rings. The van der Waals surface area contributed by atoms with Crippen molar-refractivity contribution in [1.29, 1.82) is 0 Å². The summed E-state index contributed by atoms with van der Waals surface area (Å²) < 4.78 is 1.57. The van der Waals surface area contributed by atoms with Crippen molar-refractivity contribution < 1.29 is 4.79 Å². The minimum atomic E-state index is -0.148. The van der Waals surface area contributed by atoms with E-state index < -0.39 is 0 Å². The molecule has 0 unspecified atom stereocenters. The first kappa shape index (κ1) is 18.8. The van der Waals surface area contributed by atoms with Gasteiger partial charge in [0.1, 0.15) is 5.82 Å². The van der Waals surface area contributed by atoms with E-state index in [1.54, 1.807) is 17.0 Å². The molecule has 1 amide bonds. The Hall–Kier alpha value is -4.20. The van der Waals surface area contributed by atoms with E-state index in [2.05, 4.69) is 30.8 Å². The van der Waals surface area contributed by atoms with Crippen molar-refractivity contribution in [3.63, 3.8) is 0 Å². The van der Waals surface area contributed by atoms with Crippen LogP contribution in [0.5, 0.6) is 0 Å². The molecule has 8 heteroatoms. The van der Waals surface area contributed by atoms with Gasteiger partial charge in [-0.25, -0.2) is 14.8 Å². The predicted molar refractivity (Wildman–Crippen MR) is 121 cm³/mol. The Morgan fingerprint density at radius 3 is 2.77 bits per heavy atom. The zero-order chi connectivity index (χ0) is 21.4. The minimum Gasteiger partial charge on any atom is -0.340 e. The third-order valence-electron chi connectivity index (χ3n) is 4.92. The minimum absolute atomic E-state index is 0.0754. The van der Waals surface area contributed by atoms with Crippen LogP contribution >= 0.6 is 0 Å². The highest BCUT2D eigenvalue weighted by atomic mass is 16.2. The number of nitrogens with zero attached hydrogens (tertiary/aromatic N) is 4. The van der Waals surface area contributed by atoms with Crippen LogP contribution in [-0.2, 0) is 0 Å². The number of aromatic amines is 1. The Kier molecular flexibility index (Phi) is 4.59. The first-order chi connectivity index (χ1) is 15.0. The number of aromatic nitrogens is 5. The van der Waals surface area contributed by atoms with Gasteiger partial charge in [0.2, 0.25) is 0 Å². The summed E-state index contributed by atoms with van der Waals surface area (Å²) in [5, 5.41) is 16.2. The summed E-state index contributed by atoms with van der Waals surface area (Å²) in [6.07, 6.45) is 7.15. The van der Waals surface area contributed by atoms with E-state index in [1.165, 1.54) is 0 Å². The molecule has 5 aromatic rings. The van der Waals surface area contributed by atoms with Gasteiger partial charge in [-0.2, -0.15) is 5.10 Å². The van der Waals surface area contributed by atoms with Gasteiger partial charge in [0.25, 0.3) is 0 Å². The summed E-state index contributed by atoms with van der Waals surface area (Å²) in [5.41, 5.74) is 2.78. The van der Waals surface area contributed by atoms with Crippen LogP contribution in [0.4, 0.5) is 16.3 Å². The maximum absolute atomic E-state index is 12.3. The van der Waals surface area contributed by atoms with Gasteiger partial charge in [-0.05, 0) is 49.6 Å². The maximum atomic E-state index is 12.3. The molecule has 0 fully saturated rings. The second-order valence-electron chi connectivity index (χ2n) is 7.68. The van der Waals surface area contributed by atoms with Gasteiger partial charge in [-0.1, -0.05) is 12.1 Å². The summed E-state index contributed by atoms with van der Waals surface area (Å²) in [4.78, 5) is 21.4. The molecule has 8 nitrogen and oxygen atoms in total. The highest BCUT2D eigenvalue weighted by molar-refractivity contribution is 5.91. The standard InChI is InChI=1S/C23H21N7O/c1-14(2)26-23(31)30-12-16-4-3-15(9-18(16)13-30)22-24-8-7-21(28-22)27-19-5-6-20-17(10-19)11-25-29-20/h3-14H,1-2H3,(H,25,29)(H,26,31)(H,24,27,28). The van der Waals surface area contributed by atoms with Crippen LogP contribution in [0.1, 0.15) is 13.8 Å².